The van der Waals surface area contributed by atoms with Gasteiger partial charge in [0.05, 0.1) is 4.68 Å². The van der Waals surface area contributed by atoms with Crippen molar-refractivity contribution in [2.75, 3.05) is 0 Å². The molecule has 0 bridgehead atoms. The fourth-order valence-corrected chi connectivity index (χ4v) is 1.09. The third-order valence-electron chi connectivity index (χ3n) is 2.02. The van der Waals surface area contributed by atoms with Gasteiger partial charge in [0.2, 0.25) is 0 Å². The molecule has 0 radical (unpaired) electrons. The lowest BCUT2D eigenvalue weighted by Gasteiger charge is -1.87. The van der Waals surface area contributed by atoms with Crippen LogP contribution in [0.3, 0.4) is 0 Å². The molecule has 0 amide bonds. The van der Waals surface area contributed by atoms with Crippen LogP contribution < -0.4 is 16.9 Å². The Morgan fingerprint density at radius 3 is 2.30 bits per heavy atom. The average molecular weight is 279 g/mol. The van der Waals surface area contributed by atoms with E-state index in [2.05, 4.69) is 26.5 Å². The first kappa shape index (κ1) is 14.7. The standard InChI is InChI=1S/C6H3N5O3.C4H6O2/c1-7-11-4(12)2-3(10-6(11)14)9-5(13)8-2;1-3(2)4(5)6/h(H,10,14)(H2,8,9,13);1H2,2H3,(H,5,6). The third-order valence-corrected chi connectivity index (χ3v) is 2.02. The van der Waals surface area contributed by atoms with E-state index in [0.717, 1.165) is 0 Å². The maximum absolute atomic E-state index is 11.3. The molecule has 10 heteroatoms. The van der Waals surface area contributed by atoms with Gasteiger partial charge in [-0.2, -0.15) is 6.57 Å². The molecule has 20 heavy (non-hydrogen) atoms. The molecule has 0 atom stereocenters. The van der Waals surface area contributed by atoms with Crippen molar-refractivity contribution in [2.45, 2.75) is 6.92 Å². The van der Waals surface area contributed by atoms with Gasteiger partial charge >= 0.3 is 22.9 Å². The molecule has 0 fully saturated rings. The number of H-pyrrole nitrogens is 3. The van der Waals surface area contributed by atoms with Crippen molar-refractivity contribution < 1.29 is 9.90 Å². The lowest BCUT2D eigenvalue weighted by molar-refractivity contribution is -0.132. The van der Waals surface area contributed by atoms with Crippen LogP contribution in [-0.4, -0.2) is 30.7 Å². The predicted octanol–water partition coefficient (Wildman–Crippen LogP) is -0.964. The zero-order chi connectivity index (χ0) is 15.4. The average Bonchev–Trinajstić information content (AvgIpc) is 2.71. The van der Waals surface area contributed by atoms with E-state index in [-0.39, 0.29) is 16.7 Å². The number of nitrogens with one attached hydrogen (secondary N) is 3. The van der Waals surface area contributed by atoms with Gasteiger partial charge in [0.1, 0.15) is 5.65 Å². The van der Waals surface area contributed by atoms with Crippen LogP contribution in [0.4, 0.5) is 0 Å². The van der Waals surface area contributed by atoms with Crippen LogP contribution in [0.1, 0.15) is 6.92 Å². The molecule has 104 valence electrons. The second kappa shape index (κ2) is 5.53. The van der Waals surface area contributed by atoms with Gasteiger partial charge in [-0.25, -0.2) is 14.4 Å². The lowest BCUT2D eigenvalue weighted by atomic mass is 10.4. The van der Waals surface area contributed by atoms with Crippen molar-refractivity contribution in [3.63, 3.8) is 0 Å². The highest BCUT2D eigenvalue weighted by Crippen LogP contribution is 1.91. The first-order chi connectivity index (χ1) is 9.27. The zero-order valence-corrected chi connectivity index (χ0v) is 10.2. The maximum Gasteiger partial charge on any atom is 0.398 e. The van der Waals surface area contributed by atoms with Gasteiger partial charge in [-0.3, -0.25) is 19.7 Å². The molecule has 2 rings (SSSR count). The molecule has 0 saturated heterocycles. The van der Waals surface area contributed by atoms with Crippen LogP contribution >= 0.6 is 0 Å². The Labute approximate surface area is 109 Å². The Bertz CT molecular complexity index is 876. The Balaban J connectivity index is 0.000000286. The van der Waals surface area contributed by atoms with Crippen LogP contribution in [0.25, 0.3) is 16.1 Å². The van der Waals surface area contributed by atoms with Crippen molar-refractivity contribution in [1.29, 1.82) is 0 Å². The van der Waals surface area contributed by atoms with E-state index in [0.29, 0.717) is 4.68 Å². The number of carboxylic acids is 1. The third kappa shape index (κ3) is 2.91. The molecule has 0 saturated carbocycles. The number of hydrogen-bond donors (Lipinski definition) is 4. The summed E-state index contributed by atoms with van der Waals surface area (Å²) >= 11 is 0. The number of carboxylic acid groups (broad SMARTS) is 1. The normalized spacial score (nSPS) is 9.40. The number of fused-ring (bicyclic) bond motifs is 1. The van der Waals surface area contributed by atoms with Gasteiger partial charge in [-0.05, 0) is 6.92 Å². The lowest BCUT2D eigenvalue weighted by Crippen LogP contribution is -2.30. The molecule has 0 aliphatic heterocycles. The molecule has 0 aliphatic rings. The molecular weight excluding hydrogens is 270 g/mol. The van der Waals surface area contributed by atoms with Crippen LogP contribution in [0.15, 0.2) is 26.5 Å². The highest BCUT2D eigenvalue weighted by molar-refractivity contribution is 5.84. The molecule has 10 nitrogen and oxygen atoms in total. The summed E-state index contributed by atoms with van der Waals surface area (Å²) in [6, 6.07) is 0. The minimum Gasteiger partial charge on any atom is -0.478 e. The van der Waals surface area contributed by atoms with Gasteiger partial charge in [-0.15, -0.1) is 4.95 Å². The van der Waals surface area contributed by atoms with Crippen LogP contribution in [0.2, 0.25) is 0 Å². The van der Waals surface area contributed by atoms with Gasteiger partial charge in [0, 0.05) is 5.57 Å². The molecule has 0 aliphatic carbocycles. The Morgan fingerprint density at radius 2 is 1.85 bits per heavy atom. The summed E-state index contributed by atoms with van der Waals surface area (Å²) in [6.07, 6.45) is 0. The first-order valence-electron chi connectivity index (χ1n) is 5.01. The SMILES string of the molecule is C=C(C)C(=O)O.[C-]#[N+]n1c(=O)[nH]c2[nH]c(=O)[nH]c2c1=O. The number of rotatable bonds is 1. The fraction of sp³-hybridized carbons (Fsp3) is 0.100. The summed E-state index contributed by atoms with van der Waals surface area (Å²) < 4.78 is 0.298. The number of aliphatic carboxylic acids is 1. The summed E-state index contributed by atoms with van der Waals surface area (Å²) in [7, 11) is 0. The van der Waals surface area contributed by atoms with E-state index in [4.69, 9.17) is 11.7 Å². The van der Waals surface area contributed by atoms with Gasteiger partial charge < -0.3 is 5.11 Å². The Hall–Kier alpha value is -3.35. The second-order valence-corrected chi connectivity index (χ2v) is 3.56. The first-order valence-corrected chi connectivity index (χ1v) is 5.01. The molecular formula is C10H9N5O5. The summed E-state index contributed by atoms with van der Waals surface area (Å²) in [5.41, 5.74) is -2.30. The van der Waals surface area contributed by atoms with Crippen molar-refractivity contribution in [3.8, 4) is 0 Å². The molecule has 2 aromatic heterocycles. The largest absolute Gasteiger partial charge is 0.478 e. The molecule has 4 N–H and O–H groups in total. The minimum atomic E-state index is -0.935. The van der Waals surface area contributed by atoms with E-state index < -0.39 is 22.9 Å². The highest BCUT2D eigenvalue weighted by Gasteiger charge is 2.12. The topological polar surface area (TPSA) is 145 Å². The Morgan fingerprint density at radius 1 is 1.30 bits per heavy atom. The van der Waals surface area contributed by atoms with Crippen molar-refractivity contribution >= 4 is 17.1 Å². The summed E-state index contributed by atoms with van der Waals surface area (Å²) in [6.45, 7) is 11.2. The van der Waals surface area contributed by atoms with Crippen molar-refractivity contribution in [2.24, 2.45) is 0 Å². The van der Waals surface area contributed by atoms with Crippen LogP contribution in [0.5, 0.6) is 0 Å². The van der Waals surface area contributed by atoms with Crippen molar-refractivity contribution in [1.82, 2.24) is 19.6 Å². The predicted molar refractivity (Wildman–Crippen MR) is 68.2 cm³/mol. The quantitative estimate of drug-likeness (QED) is 0.392. The number of aromatic amines is 3. The number of imidazole rings is 1. The zero-order valence-electron chi connectivity index (χ0n) is 10.2. The van der Waals surface area contributed by atoms with Crippen LogP contribution in [-0.2, 0) is 4.79 Å². The van der Waals surface area contributed by atoms with Gasteiger partial charge in [-0.1, -0.05) is 6.58 Å². The van der Waals surface area contributed by atoms with Gasteiger partial charge in [0.25, 0.3) is 0 Å². The number of hydrogen-bond acceptors (Lipinski definition) is 4. The number of carbonyl (C=O) groups is 1. The monoisotopic (exact) mass is 279 g/mol. The van der Waals surface area contributed by atoms with E-state index in [1.165, 1.54) is 6.92 Å². The molecule has 0 spiro atoms. The summed E-state index contributed by atoms with van der Waals surface area (Å²) in [5.74, 6) is -0.935. The molecule has 2 aromatic rings. The number of aromatic nitrogens is 4. The summed E-state index contributed by atoms with van der Waals surface area (Å²) in [5, 5.41) is 7.89. The molecule has 0 unspecified atom stereocenters. The second-order valence-electron chi connectivity index (χ2n) is 3.56. The van der Waals surface area contributed by atoms with Crippen LogP contribution in [0, 0.1) is 6.57 Å². The Kier molecular flexibility index (Phi) is 4.07. The van der Waals surface area contributed by atoms with E-state index in [1.807, 2.05) is 0 Å². The van der Waals surface area contributed by atoms with Crippen molar-refractivity contribution in [3.05, 3.63) is 55.0 Å². The van der Waals surface area contributed by atoms with E-state index in [1.54, 1.807) is 0 Å². The van der Waals surface area contributed by atoms with E-state index in [9.17, 15) is 19.2 Å². The smallest absolute Gasteiger partial charge is 0.398 e. The maximum atomic E-state index is 11.3. The minimum absolute atomic E-state index is 0.00935. The van der Waals surface area contributed by atoms with Gasteiger partial charge in [0.15, 0.2) is 5.52 Å². The summed E-state index contributed by atoms with van der Waals surface area (Å²) in [4.78, 5) is 52.0. The fourth-order valence-electron chi connectivity index (χ4n) is 1.09. The number of nitrogens with zero attached hydrogens (tertiary/aromatic N) is 2. The van der Waals surface area contributed by atoms with E-state index >= 15 is 0 Å². The highest BCUT2D eigenvalue weighted by atomic mass is 16.4. The molecule has 2 heterocycles. The molecule has 0 aromatic carbocycles.